The van der Waals surface area contributed by atoms with Gasteiger partial charge in [0.25, 0.3) is 0 Å². The third kappa shape index (κ3) is 3.43. The van der Waals surface area contributed by atoms with Gasteiger partial charge in [-0.25, -0.2) is 0 Å². The van der Waals surface area contributed by atoms with Gasteiger partial charge in [0.05, 0.1) is 18.1 Å². The van der Waals surface area contributed by atoms with E-state index in [2.05, 4.69) is 31.2 Å². The van der Waals surface area contributed by atoms with E-state index in [1.165, 1.54) is 23.3 Å². The number of thioether (sulfide) groups is 1. The van der Waals surface area contributed by atoms with Crippen molar-refractivity contribution in [3.8, 4) is 17.3 Å². The average molecular weight is 375 g/mol. The van der Waals surface area contributed by atoms with Crippen LogP contribution in [-0.4, -0.2) is 27.0 Å². The Hall–Kier alpha value is -2.34. The molecule has 1 aromatic carbocycles. The zero-order valence-corrected chi connectivity index (χ0v) is 14.8. The average Bonchev–Trinajstić information content (AvgIpc) is 3.22. The van der Waals surface area contributed by atoms with E-state index < -0.39 is 0 Å². The lowest BCUT2D eigenvalue weighted by atomic mass is 10.1. The van der Waals surface area contributed by atoms with E-state index in [0.29, 0.717) is 20.6 Å². The number of halogens is 1. The number of nitriles is 1. The molecular weight excluding hydrogens is 364 g/mol. The van der Waals surface area contributed by atoms with E-state index in [0.717, 1.165) is 16.8 Å². The molecule has 2 heterocycles. The lowest BCUT2D eigenvalue weighted by molar-refractivity contribution is 1.10. The lowest BCUT2D eigenvalue weighted by Gasteiger charge is -2.00. The summed E-state index contributed by atoms with van der Waals surface area (Å²) in [5, 5.41) is 22.4. The van der Waals surface area contributed by atoms with Crippen molar-refractivity contribution in [1.29, 1.82) is 5.26 Å². The highest BCUT2D eigenvalue weighted by Gasteiger charge is 2.12. The van der Waals surface area contributed by atoms with Gasteiger partial charge in [-0.05, 0) is 29.9 Å². The number of aromatic nitrogens is 3. The second kappa shape index (κ2) is 7.49. The van der Waals surface area contributed by atoms with Crippen LogP contribution in [0.1, 0.15) is 11.1 Å². The summed E-state index contributed by atoms with van der Waals surface area (Å²) >= 11 is 8.55. The molecule has 0 aliphatic carbocycles. The quantitative estimate of drug-likeness (QED) is 0.396. The van der Waals surface area contributed by atoms with Crippen LogP contribution in [0.15, 0.2) is 40.6 Å². The van der Waals surface area contributed by atoms with Gasteiger partial charge in [-0.1, -0.05) is 23.7 Å². The normalized spacial score (nSPS) is 10.9. The monoisotopic (exact) mass is 374 g/mol. The maximum Gasteiger partial charge on any atom is 0.148 e. The predicted molar refractivity (Wildman–Crippen MR) is 98.9 cm³/mol. The molecule has 0 saturated carbocycles. The molecule has 120 valence electrons. The first-order valence-corrected chi connectivity index (χ1v) is 9.12. The highest BCUT2D eigenvalue weighted by Crippen LogP contribution is 2.29. The van der Waals surface area contributed by atoms with Crippen molar-refractivity contribution >= 4 is 46.1 Å². The Morgan fingerprint density at radius 2 is 2.21 bits per heavy atom. The molecule has 2 N–H and O–H groups in total. The van der Waals surface area contributed by atoms with Gasteiger partial charge in [-0.2, -0.15) is 19.8 Å². The minimum absolute atomic E-state index is 0.509. The van der Waals surface area contributed by atoms with E-state index >= 15 is 0 Å². The van der Waals surface area contributed by atoms with Crippen LogP contribution in [0, 0.1) is 11.3 Å². The van der Waals surface area contributed by atoms with Crippen molar-refractivity contribution in [2.75, 3.05) is 11.7 Å². The van der Waals surface area contributed by atoms with Crippen molar-refractivity contribution in [3.05, 3.63) is 46.6 Å². The van der Waals surface area contributed by atoms with Crippen LogP contribution in [0.25, 0.3) is 11.3 Å². The van der Waals surface area contributed by atoms with E-state index in [1.807, 2.05) is 30.5 Å². The number of rotatable bonds is 5. The van der Waals surface area contributed by atoms with E-state index in [9.17, 15) is 5.26 Å². The third-order valence-corrected chi connectivity index (χ3v) is 4.94. The molecule has 0 amide bonds. The summed E-state index contributed by atoms with van der Waals surface area (Å²) in [6.45, 7) is 0. The molecule has 0 unspecified atom stereocenters. The predicted octanol–water partition coefficient (Wildman–Crippen LogP) is 4.23. The second-order valence-corrected chi connectivity index (χ2v) is 6.59. The Morgan fingerprint density at radius 1 is 1.42 bits per heavy atom. The summed E-state index contributed by atoms with van der Waals surface area (Å²) in [6, 6.07) is 9.58. The minimum Gasteiger partial charge on any atom is -0.277 e. The van der Waals surface area contributed by atoms with Crippen LogP contribution in [0.3, 0.4) is 0 Å². The standard InChI is InChI=1S/C15H11ClN6S2/c1-23-15-12(6-17)14(24-22-15)21-19-8-10-7-18-20-13(10)9-2-4-11(16)5-3-9/h2-5,7-8,21H,1H3,(H,18,20)/b19-8+. The fraction of sp³-hybridized carbons (Fsp3) is 0.0667. The molecule has 2 aromatic heterocycles. The Balaban J connectivity index is 1.79. The minimum atomic E-state index is 0.509. The summed E-state index contributed by atoms with van der Waals surface area (Å²) in [5.74, 6) is 0. The molecule has 24 heavy (non-hydrogen) atoms. The number of hydrogen-bond acceptors (Lipinski definition) is 7. The van der Waals surface area contributed by atoms with E-state index in [4.69, 9.17) is 11.6 Å². The maximum atomic E-state index is 9.20. The zero-order valence-electron chi connectivity index (χ0n) is 12.4. The van der Waals surface area contributed by atoms with Gasteiger partial charge < -0.3 is 0 Å². The fourth-order valence-electron chi connectivity index (χ4n) is 1.99. The van der Waals surface area contributed by atoms with Gasteiger partial charge in [0.2, 0.25) is 0 Å². The molecule has 0 spiro atoms. The van der Waals surface area contributed by atoms with Crippen LogP contribution in [-0.2, 0) is 0 Å². The molecule has 0 atom stereocenters. The first kappa shape index (κ1) is 16.5. The van der Waals surface area contributed by atoms with Crippen LogP contribution in [0.4, 0.5) is 5.00 Å². The summed E-state index contributed by atoms with van der Waals surface area (Å²) < 4.78 is 4.21. The molecule has 3 aromatic rings. The van der Waals surface area contributed by atoms with Gasteiger partial charge in [-0.3, -0.25) is 10.5 Å². The number of anilines is 1. The largest absolute Gasteiger partial charge is 0.277 e. The molecular formula is C15H11ClN6S2. The Labute approximate surface area is 151 Å². The number of nitrogens with zero attached hydrogens (tertiary/aromatic N) is 4. The third-order valence-electron chi connectivity index (χ3n) is 3.14. The Kier molecular flexibility index (Phi) is 5.15. The van der Waals surface area contributed by atoms with Gasteiger partial charge >= 0.3 is 0 Å². The summed E-state index contributed by atoms with van der Waals surface area (Å²) in [4.78, 5) is 0. The molecule has 0 aliphatic rings. The fourth-order valence-corrected chi connectivity index (χ4v) is 3.54. The number of benzene rings is 1. The summed E-state index contributed by atoms with van der Waals surface area (Å²) in [5.41, 5.74) is 6.00. The van der Waals surface area contributed by atoms with E-state index in [1.54, 1.807) is 12.4 Å². The van der Waals surface area contributed by atoms with Gasteiger partial charge in [-0.15, -0.1) is 11.8 Å². The maximum absolute atomic E-state index is 9.20. The molecule has 6 nitrogen and oxygen atoms in total. The first-order chi connectivity index (χ1) is 11.7. The summed E-state index contributed by atoms with van der Waals surface area (Å²) in [6.07, 6.45) is 5.21. The van der Waals surface area contributed by atoms with Crippen LogP contribution in [0.2, 0.25) is 5.02 Å². The Bertz CT molecular complexity index is 907. The Morgan fingerprint density at radius 3 is 2.92 bits per heavy atom. The molecule has 0 fully saturated rings. The molecule has 3 rings (SSSR count). The van der Waals surface area contributed by atoms with E-state index in [-0.39, 0.29) is 0 Å². The highest BCUT2D eigenvalue weighted by atomic mass is 35.5. The lowest BCUT2D eigenvalue weighted by Crippen LogP contribution is -1.91. The molecule has 9 heteroatoms. The number of hydrogen-bond donors (Lipinski definition) is 2. The van der Waals surface area contributed by atoms with Crippen molar-refractivity contribution in [2.24, 2.45) is 5.10 Å². The van der Waals surface area contributed by atoms with Crippen molar-refractivity contribution in [2.45, 2.75) is 5.03 Å². The second-order valence-electron chi connectivity index (χ2n) is 4.59. The molecule has 0 saturated heterocycles. The number of aromatic amines is 1. The molecule has 0 radical (unpaired) electrons. The van der Waals surface area contributed by atoms with Crippen LogP contribution in [0.5, 0.6) is 0 Å². The van der Waals surface area contributed by atoms with Gasteiger partial charge in [0.1, 0.15) is 21.7 Å². The topological polar surface area (TPSA) is 89.8 Å². The van der Waals surface area contributed by atoms with Crippen molar-refractivity contribution < 1.29 is 0 Å². The van der Waals surface area contributed by atoms with Crippen molar-refractivity contribution in [3.63, 3.8) is 0 Å². The van der Waals surface area contributed by atoms with Crippen LogP contribution >= 0.6 is 34.9 Å². The summed E-state index contributed by atoms with van der Waals surface area (Å²) in [7, 11) is 0. The van der Waals surface area contributed by atoms with Crippen LogP contribution < -0.4 is 5.43 Å². The van der Waals surface area contributed by atoms with Gasteiger partial charge in [0, 0.05) is 16.1 Å². The zero-order chi connectivity index (χ0) is 16.9. The SMILES string of the molecule is CSc1nsc(N/N=C/c2cn[nH]c2-c2ccc(Cl)cc2)c1C#N. The number of hydrazone groups is 1. The molecule has 0 bridgehead atoms. The number of H-pyrrole nitrogens is 1. The molecule has 0 aliphatic heterocycles. The first-order valence-electron chi connectivity index (χ1n) is 6.75. The highest BCUT2D eigenvalue weighted by molar-refractivity contribution is 7.98. The van der Waals surface area contributed by atoms with Gasteiger partial charge in [0.15, 0.2) is 0 Å². The smallest absolute Gasteiger partial charge is 0.148 e. The van der Waals surface area contributed by atoms with Crippen molar-refractivity contribution in [1.82, 2.24) is 14.6 Å². The number of nitrogens with one attached hydrogen (secondary N) is 2.